The van der Waals surface area contributed by atoms with E-state index in [1.165, 1.54) is 66.4 Å². The fourth-order valence-electron chi connectivity index (χ4n) is 3.68. The van der Waals surface area contributed by atoms with E-state index >= 15 is 0 Å². The Balaban J connectivity index is 0.000000400. The predicted molar refractivity (Wildman–Crippen MR) is 228 cm³/mol. The fraction of sp³-hybridized carbons (Fsp3) is 0.326. The van der Waals surface area contributed by atoms with Crippen molar-refractivity contribution in [2.24, 2.45) is 10.8 Å². The minimum atomic E-state index is -0.990. The van der Waals surface area contributed by atoms with Crippen molar-refractivity contribution in [2.75, 3.05) is 13.1 Å². The van der Waals surface area contributed by atoms with Crippen LogP contribution in [0.1, 0.15) is 84.3 Å². The van der Waals surface area contributed by atoms with Crippen molar-refractivity contribution in [3.8, 4) is 0 Å². The molecule has 0 bridgehead atoms. The molecule has 2 aliphatic heterocycles. The van der Waals surface area contributed by atoms with Crippen molar-refractivity contribution in [3.05, 3.63) is 115 Å². The second kappa shape index (κ2) is 28.5. The number of amides is 3. The molecule has 18 heteroatoms. The minimum Gasteiger partial charge on any atom is -0.478 e. The second-order valence-corrected chi connectivity index (χ2v) is 14.8. The van der Waals surface area contributed by atoms with Crippen LogP contribution in [0.4, 0.5) is 0 Å². The molecule has 3 aromatic rings. The van der Waals surface area contributed by atoms with Gasteiger partial charge in [-0.15, -0.1) is 0 Å². The number of carbonyl (C=O) groups excluding carboxylic acids is 6. The first kappa shape index (κ1) is 52.1. The maximum absolute atomic E-state index is 11.9. The molecular formula is C43H51ClN8O9. The van der Waals surface area contributed by atoms with E-state index in [0.29, 0.717) is 23.6 Å². The van der Waals surface area contributed by atoms with Crippen molar-refractivity contribution < 1.29 is 43.4 Å². The normalized spacial score (nSPS) is 13.7. The van der Waals surface area contributed by atoms with Crippen LogP contribution < -0.4 is 5.32 Å². The molecule has 2 N–H and O–H groups in total. The van der Waals surface area contributed by atoms with Gasteiger partial charge in [0.1, 0.15) is 0 Å². The van der Waals surface area contributed by atoms with E-state index in [1.807, 2.05) is 6.08 Å². The van der Waals surface area contributed by atoms with Gasteiger partial charge in [0, 0.05) is 73.9 Å². The highest BCUT2D eigenvalue weighted by Gasteiger charge is 2.25. The van der Waals surface area contributed by atoms with Gasteiger partial charge in [0.05, 0.1) is 41.1 Å². The van der Waals surface area contributed by atoms with Crippen LogP contribution >= 0.6 is 11.6 Å². The molecule has 3 amide bonds. The second-order valence-electron chi connectivity index (χ2n) is 14.4. The third-order valence-electron chi connectivity index (χ3n) is 6.99. The highest BCUT2D eigenvalue weighted by Crippen LogP contribution is 2.16. The molecule has 0 saturated carbocycles. The van der Waals surface area contributed by atoms with Gasteiger partial charge in [-0.25, -0.2) is 9.59 Å². The monoisotopic (exact) mass is 858 g/mol. The zero-order valence-corrected chi connectivity index (χ0v) is 35.7. The van der Waals surface area contributed by atoms with Crippen molar-refractivity contribution in [1.82, 2.24) is 40.1 Å². The summed E-state index contributed by atoms with van der Waals surface area (Å²) in [6.45, 7) is 11.6. The predicted octanol–water partition coefficient (Wildman–Crippen LogP) is 5.63. The molecule has 0 atom stereocenters. The molecule has 0 aliphatic carbocycles. The highest BCUT2D eigenvalue weighted by atomic mass is 35.5. The van der Waals surface area contributed by atoms with E-state index in [4.69, 9.17) is 16.7 Å². The van der Waals surface area contributed by atoms with Gasteiger partial charge in [0.15, 0.2) is 0 Å². The number of nitrogens with zero attached hydrogens (tertiary/aromatic N) is 7. The van der Waals surface area contributed by atoms with E-state index in [-0.39, 0.29) is 28.4 Å². The summed E-state index contributed by atoms with van der Waals surface area (Å²) >= 11 is 5.11. The number of hydrogen-bond acceptors (Lipinski definition) is 14. The zero-order chi connectivity index (χ0) is 45.7. The average molecular weight is 859 g/mol. The topological polar surface area (TPSA) is 242 Å². The van der Waals surface area contributed by atoms with Crippen molar-refractivity contribution in [2.45, 2.75) is 67.2 Å². The van der Waals surface area contributed by atoms with Crippen molar-refractivity contribution in [3.63, 3.8) is 0 Å². The first-order valence-electron chi connectivity index (χ1n) is 18.8. The standard InChI is InChI=1S/C13H13N3O2.C12H14N2O3.C7H6N2O2.C6H9NO.C5H9ClO/c17-12-4-2-1-3-9-16(12)13(18)6-5-11-10-14-7-8-15-11;1-12(2,3)11(16)17-10(15)5-4-9-8-13-6-7-14-9;10-7(11)2-1-6-5-8-3-4-9-6;8-6-4-2-1-3-5-7-6;1-5(2,3)4(6)7/h2,4-8,10H,1,3,9H2;4-8H,1-3H3;1-5H,(H,10,11);2,4H,1,3,5H2,(H,7,8);1-3H3/b6-5+;5-4+;2-1+;;. The van der Waals surface area contributed by atoms with Gasteiger partial charge >= 0.3 is 17.9 Å². The maximum Gasteiger partial charge on any atom is 0.338 e. The number of aromatic nitrogens is 6. The Morgan fingerprint density at radius 1 is 0.705 bits per heavy atom. The first-order valence-corrected chi connectivity index (χ1v) is 19.1. The summed E-state index contributed by atoms with van der Waals surface area (Å²) in [5.74, 6) is -2.81. The molecule has 0 saturated heterocycles. The van der Waals surface area contributed by atoms with Gasteiger partial charge < -0.3 is 15.2 Å². The van der Waals surface area contributed by atoms with E-state index in [2.05, 4.69) is 40.0 Å². The number of aliphatic carboxylic acids is 1. The molecule has 5 rings (SSSR count). The number of carboxylic acids is 1. The summed E-state index contributed by atoms with van der Waals surface area (Å²) in [4.78, 5) is 101. The number of carboxylic acid groups (broad SMARTS) is 1. The quantitative estimate of drug-likeness (QED) is 0.132. The SMILES string of the molecule is CC(C)(C)C(=O)Cl.CC(C)(C)C(=O)OC(=O)/C=C/c1cnccn1.O=C(O)/C=C/c1cnccn1.O=C1C=CCCCN1.O=C1C=CCCCN1C(=O)/C=C/c1cnccn1. The largest absolute Gasteiger partial charge is 0.478 e. The van der Waals surface area contributed by atoms with Gasteiger partial charge in [0.2, 0.25) is 11.1 Å². The lowest BCUT2D eigenvalue weighted by atomic mass is 9.97. The summed E-state index contributed by atoms with van der Waals surface area (Å²) in [7, 11) is 0. The summed E-state index contributed by atoms with van der Waals surface area (Å²) in [5, 5.41) is 10.7. The number of allylic oxidation sites excluding steroid dienone is 2. The Kier molecular flexibility index (Phi) is 24.4. The van der Waals surface area contributed by atoms with Crippen molar-refractivity contribution >= 4 is 70.7 Å². The van der Waals surface area contributed by atoms with Gasteiger partial charge in [-0.3, -0.25) is 58.8 Å². The Morgan fingerprint density at radius 2 is 1.18 bits per heavy atom. The lowest BCUT2D eigenvalue weighted by Crippen LogP contribution is -2.34. The maximum atomic E-state index is 11.9. The molecule has 5 heterocycles. The molecule has 0 radical (unpaired) electrons. The summed E-state index contributed by atoms with van der Waals surface area (Å²) in [6, 6.07) is 0. The number of ether oxygens (including phenoxy) is 1. The van der Waals surface area contributed by atoms with Crippen LogP contribution in [0.5, 0.6) is 0 Å². The average Bonchev–Trinajstić information content (AvgIpc) is 3.61. The van der Waals surface area contributed by atoms with Crippen molar-refractivity contribution in [1.29, 1.82) is 0 Å². The van der Waals surface area contributed by atoms with Crippen LogP contribution in [0.25, 0.3) is 18.2 Å². The van der Waals surface area contributed by atoms with Crippen LogP contribution in [-0.4, -0.2) is 93.9 Å². The van der Waals surface area contributed by atoms with Gasteiger partial charge in [-0.2, -0.15) is 0 Å². The molecular weight excluding hydrogens is 808 g/mol. The summed E-state index contributed by atoms with van der Waals surface area (Å²) < 4.78 is 4.62. The smallest absolute Gasteiger partial charge is 0.338 e. The first-order chi connectivity index (χ1) is 28.8. The molecule has 324 valence electrons. The lowest BCUT2D eigenvalue weighted by Gasteiger charge is -2.15. The third-order valence-corrected chi connectivity index (χ3v) is 7.56. The highest BCUT2D eigenvalue weighted by molar-refractivity contribution is 6.64. The third kappa shape index (κ3) is 26.0. The number of hydrogen-bond donors (Lipinski definition) is 2. The molecule has 17 nitrogen and oxygen atoms in total. The van der Waals surface area contributed by atoms with Crippen LogP contribution in [0.15, 0.2) is 98.3 Å². The van der Waals surface area contributed by atoms with Gasteiger partial charge in [-0.05, 0) is 88.4 Å². The van der Waals surface area contributed by atoms with Crippen LogP contribution in [-0.2, 0) is 38.3 Å². The van der Waals surface area contributed by atoms with E-state index < -0.39 is 23.3 Å². The Labute approximate surface area is 359 Å². The number of carbonyl (C=O) groups is 7. The van der Waals surface area contributed by atoms with Crippen LogP contribution in [0, 0.1) is 10.8 Å². The summed E-state index contributed by atoms with van der Waals surface area (Å²) in [5.41, 5.74) is 0.573. The van der Waals surface area contributed by atoms with E-state index in [0.717, 1.165) is 44.4 Å². The molecule has 2 aliphatic rings. The van der Waals surface area contributed by atoms with E-state index in [1.54, 1.807) is 78.4 Å². The van der Waals surface area contributed by atoms with Gasteiger partial charge in [-0.1, -0.05) is 32.9 Å². The molecule has 0 spiro atoms. The number of esters is 2. The number of imide groups is 1. The Bertz CT molecular complexity index is 2030. The van der Waals surface area contributed by atoms with E-state index in [9.17, 15) is 33.6 Å². The molecule has 0 aromatic carbocycles. The number of rotatable bonds is 6. The summed E-state index contributed by atoms with van der Waals surface area (Å²) in [6.07, 6.45) is 32.0. The van der Waals surface area contributed by atoms with Crippen LogP contribution in [0.3, 0.4) is 0 Å². The number of halogens is 1. The van der Waals surface area contributed by atoms with Gasteiger partial charge in [0.25, 0.3) is 11.8 Å². The fourth-order valence-corrected chi connectivity index (χ4v) is 3.68. The number of nitrogens with one attached hydrogen (secondary N) is 1. The molecule has 3 aromatic heterocycles. The van der Waals surface area contributed by atoms with Crippen LogP contribution in [0.2, 0.25) is 0 Å². The lowest BCUT2D eigenvalue weighted by molar-refractivity contribution is -0.162. The molecule has 0 unspecified atom stereocenters. The molecule has 61 heavy (non-hydrogen) atoms. The Morgan fingerprint density at radius 3 is 1.64 bits per heavy atom. The zero-order valence-electron chi connectivity index (χ0n) is 34.9. The molecule has 0 fully saturated rings. The Hall–Kier alpha value is -6.88. The minimum absolute atomic E-state index is 0.0440.